The molecule has 0 amide bonds. The average Bonchev–Trinajstić information content (AvgIpc) is 1.62. The molecule has 3 heteroatoms. The van der Waals surface area contributed by atoms with Gasteiger partial charge in [0.15, 0.2) is 0 Å². The summed E-state index contributed by atoms with van der Waals surface area (Å²) >= 11 is 0. The van der Waals surface area contributed by atoms with Gasteiger partial charge in [-0.2, -0.15) is 0 Å². The van der Waals surface area contributed by atoms with Gasteiger partial charge in [0.1, 0.15) is 5.90 Å². The van der Waals surface area contributed by atoms with Crippen molar-refractivity contribution in [1.82, 2.24) is 5.90 Å². The summed E-state index contributed by atoms with van der Waals surface area (Å²) in [6, 6.07) is 0. The molecule has 0 aliphatic heterocycles. The molecule has 0 aliphatic carbocycles. The van der Waals surface area contributed by atoms with Gasteiger partial charge in [0, 0.05) is 0 Å². The van der Waals surface area contributed by atoms with Crippen LogP contribution in [-0.2, 0) is 9.63 Å². The van der Waals surface area contributed by atoms with Crippen LogP contribution in [0.5, 0.6) is 0 Å². The number of hydrogen-bond donors (Lipinski definition) is 0. The van der Waals surface area contributed by atoms with E-state index < -0.39 is 11.4 Å². The Morgan fingerprint density at radius 2 is 1.88 bits per heavy atom. The summed E-state index contributed by atoms with van der Waals surface area (Å²) in [5, 5.41) is 0. The minimum atomic E-state index is -0.613. The number of carbonyl (C=O) groups excluding carboxylic acids is 1. The molecule has 0 aromatic carbocycles. The van der Waals surface area contributed by atoms with Gasteiger partial charge < -0.3 is 4.84 Å². The van der Waals surface area contributed by atoms with E-state index in [0.717, 1.165) is 0 Å². The predicted octanol–water partition coefficient (Wildman–Crippen LogP) is 0.559. The molecule has 0 heterocycles. The van der Waals surface area contributed by atoms with E-state index in [9.17, 15) is 4.79 Å². The fourth-order valence-corrected chi connectivity index (χ4v) is 0.137. The van der Waals surface area contributed by atoms with Gasteiger partial charge in [-0.1, -0.05) is 0 Å². The van der Waals surface area contributed by atoms with E-state index in [0.29, 0.717) is 0 Å². The van der Waals surface area contributed by atoms with E-state index in [1.54, 1.807) is 20.8 Å². The summed E-state index contributed by atoms with van der Waals surface area (Å²) in [6.45, 7) is 4.97. The molecular weight excluding hydrogens is 106 g/mol. The molecule has 0 aromatic heterocycles. The zero-order valence-corrected chi connectivity index (χ0v) is 5.26. The summed E-state index contributed by atoms with van der Waals surface area (Å²) in [7, 11) is 0. The highest BCUT2D eigenvalue weighted by Crippen LogP contribution is 2.13. The first-order chi connectivity index (χ1) is 3.48. The van der Waals surface area contributed by atoms with E-state index in [4.69, 9.17) is 5.90 Å². The normalized spacial score (nSPS) is 11.0. The van der Waals surface area contributed by atoms with Crippen LogP contribution >= 0.6 is 0 Å². The second-order valence-electron chi connectivity index (χ2n) is 2.63. The molecule has 0 N–H and O–H groups in total. The zero-order chi connectivity index (χ0) is 6.78. The van der Waals surface area contributed by atoms with E-state index in [2.05, 4.69) is 4.84 Å². The summed E-state index contributed by atoms with van der Waals surface area (Å²) in [5.74, 6) is 7.21. The van der Waals surface area contributed by atoms with Crippen molar-refractivity contribution in [3.8, 4) is 0 Å². The lowest BCUT2D eigenvalue weighted by Gasteiger charge is -2.10. The number of rotatable bonds is 0. The summed E-state index contributed by atoms with van der Waals surface area (Å²) in [4.78, 5) is 13.8. The van der Waals surface area contributed by atoms with Crippen molar-refractivity contribution in [2.45, 2.75) is 20.8 Å². The first-order valence-electron chi connectivity index (χ1n) is 2.34. The Morgan fingerprint density at radius 3 is 1.88 bits per heavy atom. The van der Waals surface area contributed by atoms with Gasteiger partial charge in [0.2, 0.25) is 0 Å². The summed E-state index contributed by atoms with van der Waals surface area (Å²) in [5.41, 5.74) is -0.602. The van der Waals surface area contributed by atoms with E-state index in [-0.39, 0.29) is 0 Å². The Kier molecular flexibility index (Phi) is 1.98. The minimum Gasteiger partial charge on any atom is -0.328 e. The SMILES string of the molecule is CC(C)(C)C(=O)O[N]. The highest BCUT2D eigenvalue weighted by molar-refractivity contribution is 5.74. The van der Waals surface area contributed by atoms with E-state index in [1.165, 1.54) is 0 Å². The van der Waals surface area contributed by atoms with Crippen molar-refractivity contribution in [3.63, 3.8) is 0 Å². The van der Waals surface area contributed by atoms with Gasteiger partial charge in [-0.15, -0.1) is 0 Å². The van der Waals surface area contributed by atoms with Gasteiger partial charge in [-0.25, -0.2) is 4.79 Å². The second-order valence-corrected chi connectivity index (χ2v) is 2.63. The van der Waals surface area contributed by atoms with Crippen LogP contribution in [0.2, 0.25) is 0 Å². The van der Waals surface area contributed by atoms with E-state index in [1.807, 2.05) is 0 Å². The summed E-state index contributed by atoms with van der Waals surface area (Å²) in [6.07, 6.45) is 0. The Morgan fingerprint density at radius 1 is 1.50 bits per heavy atom. The fourth-order valence-electron chi connectivity index (χ4n) is 0.137. The van der Waals surface area contributed by atoms with E-state index >= 15 is 0 Å². The standard InChI is InChI=1S/C5H9NO2/c1-5(2,3)4(7)8-6/h1-3H3. The van der Waals surface area contributed by atoms with Gasteiger partial charge in [-0.3, -0.25) is 0 Å². The zero-order valence-electron chi connectivity index (χ0n) is 5.26. The van der Waals surface area contributed by atoms with Gasteiger partial charge >= 0.3 is 5.97 Å². The molecule has 0 unspecified atom stereocenters. The molecule has 0 atom stereocenters. The van der Waals surface area contributed by atoms with Crippen LogP contribution in [0, 0.1) is 5.41 Å². The number of carbonyl (C=O) groups is 1. The molecule has 2 radical (unpaired) electrons. The lowest BCUT2D eigenvalue weighted by molar-refractivity contribution is -0.154. The molecule has 0 bridgehead atoms. The van der Waals surface area contributed by atoms with Crippen LogP contribution in [0.3, 0.4) is 0 Å². The van der Waals surface area contributed by atoms with Crippen LogP contribution < -0.4 is 5.90 Å². The topological polar surface area (TPSA) is 48.6 Å². The Labute approximate surface area is 48.8 Å². The maximum atomic E-state index is 10.4. The van der Waals surface area contributed by atoms with Crippen molar-refractivity contribution in [1.29, 1.82) is 0 Å². The monoisotopic (exact) mass is 115 g/mol. The third kappa shape index (κ3) is 1.93. The molecule has 46 valence electrons. The highest BCUT2D eigenvalue weighted by atomic mass is 16.7. The second kappa shape index (κ2) is 2.13. The molecule has 0 fully saturated rings. The molecule has 0 saturated heterocycles. The number of nitrogens with zero attached hydrogens (tertiary/aromatic N) is 1. The van der Waals surface area contributed by atoms with Crippen LogP contribution in [0.15, 0.2) is 0 Å². The highest BCUT2D eigenvalue weighted by Gasteiger charge is 2.22. The van der Waals surface area contributed by atoms with Gasteiger partial charge in [0.05, 0.1) is 5.41 Å². The quantitative estimate of drug-likeness (QED) is 0.433. The maximum Gasteiger partial charge on any atom is 0.334 e. The molecule has 0 aliphatic rings. The molecule has 0 rings (SSSR count). The molecule has 8 heavy (non-hydrogen) atoms. The fraction of sp³-hybridized carbons (Fsp3) is 0.800. The largest absolute Gasteiger partial charge is 0.334 e. The van der Waals surface area contributed by atoms with Crippen LogP contribution in [0.25, 0.3) is 0 Å². The Bertz CT molecular complexity index is 93.1. The van der Waals surface area contributed by atoms with Crippen molar-refractivity contribution in [2.24, 2.45) is 5.41 Å². The number of hydrogen-bond acceptors (Lipinski definition) is 2. The lowest BCUT2D eigenvalue weighted by atomic mass is 9.98. The third-order valence-electron chi connectivity index (χ3n) is 0.695. The molecular formula is C5H9NO2. The van der Waals surface area contributed by atoms with Crippen molar-refractivity contribution in [2.75, 3.05) is 0 Å². The van der Waals surface area contributed by atoms with Gasteiger partial charge in [-0.05, 0) is 20.8 Å². The van der Waals surface area contributed by atoms with Crippen LogP contribution in [0.1, 0.15) is 20.8 Å². The Balaban J connectivity index is 3.82. The lowest BCUT2D eigenvalue weighted by Crippen LogP contribution is -2.21. The summed E-state index contributed by atoms with van der Waals surface area (Å²) < 4.78 is 0. The Hall–Kier alpha value is -0.570. The van der Waals surface area contributed by atoms with Crippen LogP contribution in [0.4, 0.5) is 0 Å². The predicted molar refractivity (Wildman–Crippen MR) is 27.7 cm³/mol. The van der Waals surface area contributed by atoms with Crippen molar-refractivity contribution in [3.05, 3.63) is 0 Å². The maximum absolute atomic E-state index is 10.4. The van der Waals surface area contributed by atoms with Crippen molar-refractivity contribution >= 4 is 5.97 Å². The van der Waals surface area contributed by atoms with Crippen molar-refractivity contribution < 1.29 is 9.63 Å². The molecule has 0 saturated carbocycles. The first kappa shape index (κ1) is 7.43. The third-order valence-corrected chi connectivity index (χ3v) is 0.695. The first-order valence-corrected chi connectivity index (χ1v) is 2.34. The molecule has 0 aromatic rings. The minimum absolute atomic E-state index is 0.602. The molecule has 0 spiro atoms. The average molecular weight is 115 g/mol. The molecule has 3 nitrogen and oxygen atoms in total. The van der Waals surface area contributed by atoms with Gasteiger partial charge in [0.25, 0.3) is 0 Å². The smallest absolute Gasteiger partial charge is 0.328 e. The van der Waals surface area contributed by atoms with Crippen LogP contribution in [-0.4, -0.2) is 5.97 Å².